The molecule has 1 aromatic carbocycles. The minimum absolute atomic E-state index is 0.101. The van der Waals surface area contributed by atoms with E-state index in [0.29, 0.717) is 18.5 Å². The second-order valence-electron chi connectivity index (χ2n) is 5.82. The Bertz CT molecular complexity index is 497. The van der Waals surface area contributed by atoms with Gasteiger partial charge >= 0.3 is 0 Å². The van der Waals surface area contributed by atoms with Gasteiger partial charge in [-0.05, 0) is 24.8 Å². The van der Waals surface area contributed by atoms with Crippen molar-refractivity contribution in [3.05, 3.63) is 39.9 Å². The molecule has 122 valence electrons. The highest BCUT2D eigenvalue weighted by Gasteiger charge is 2.06. The summed E-state index contributed by atoms with van der Waals surface area (Å²) in [4.78, 5) is 14.8. The standard InChI is InChI=1S/C16H26N4O2/c1-5-13(4)19-16(17-10-12(2)3)18-11-14-6-8-15(9-7-14)20(21)22/h6-9,12-13H,5,10-11H2,1-4H3,(H2,17,18,19). The number of non-ortho nitro benzene ring substituents is 1. The molecule has 0 bridgehead atoms. The summed E-state index contributed by atoms with van der Waals surface area (Å²) in [5.74, 6) is 1.31. The van der Waals surface area contributed by atoms with E-state index in [9.17, 15) is 10.1 Å². The van der Waals surface area contributed by atoms with E-state index in [2.05, 4.69) is 43.3 Å². The fourth-order valence-electron chi connectivity index (χ4n) is 1.68. The molecule has 1 atom stereocenters. The van der Waals surface area contributed by atoms with Crippen LogP contribution in [0.2, 0.25) is 0 Å². The average molecular weight is 306 g/mol. The Morgan fingerprint density at radius 3 is 2.41 bits per heavy atom. The molecule has 0 aliphatic rings. The van der Waals surface area contributed by atoms with Gasteiger partial charge < -0.3 is 10.6 Å². The zero-order valence-electron chi connectivity index (χ0n) is 13.8. The fraction of sp³-hybridized carbons (Fsp3) is 0.562. The van der Waals surface area contributed by atoms with Gasteiger partial charge in [-0.15, -0.1) is 0 Å². The number of nitro benzene ring substituents is 1. The molecule has 0 heterocycles. The quantitative estimate of drug-likeness (QED) is 0.351. The predicted octanol–water partition coefficient (Wildman–Crippen LogP) is 3.08. The van der Waals surface area contributed by atoms with Gasteiger partial charge in [0.25, 0.3) is 5.69 Å². The third-order valence-electron chi connectivity index (χ3n) is 3.24. The third kappa shape index (κ3) is 6.56. The van der Waals surface area contributed by atoms with Crippen LogP contribution in [0.15, 0.2) is 29.3 Å². The molecule has 0 aliphatic heterocycles. The highest BCUT2D eigenvalue weighted by molar-refractivity contribution is 5.80. The number of aliphatic imine (C=N–C) groups is 1. The lowest BCUT2D eigenvalue weighted by Gasteiger charge is -2.18. The van der Waals surface area contributed by atoms with Gasteiger partial charge in [-0.25, -0.2) is 4.99 Å². The molecular formula is C16H26N4O2. The molecule has 0 amide bonds. The highest BCUT2D eigenvalue weighted by atomic mass is 16.6. The Labute approximate surface area is 132 Å². The Balaban J connectivity index is 2.71. The number of nitro groups is 1. The van der Waals surface area contributed by atoms with Gasteiger partial charge in [0.1, 0.15) is 0 Å². The number of hydrogen-bond donors (Lipinski definition) is 2. The molecule has 1 unspecified atom stereocenters. The Morgan fingerprint density at radius 2 is 1.91 bits per heavy atom. The molecule has 22 heavy (non-hydrogen) atoms. The first kappa shape index (κ1) is 17.9. The van der Waals surface area contributed by atoms with Crippen LogP contribution in [0.25, 0.3) is 0 Å². The average Bonchev–Trinajstić information content (AvgIpc) is 2.49. The number of nitrogens with one attached hydrogen (secondary N) is 2. The maximum Gasteiger partial charge on any atom is 0.269 e. The van der Waals surface area contributed by atoms with Gasteiger partial charge in [0.2, 0.25) is 0 Å². The van der Waals surface area contributed by atoms with Crippen molar-refractivity contribution in [1.82, 2.24) is 10.6 Å². The second kappa shape index (κ2) is 9.02. The number of hydrogen-bond acceptors (Lipinski definition) is 3. The number of nitrogens with zero attached hydrogens (tertiary/aromatic N) is 2. The smallest absolute Gasteiger partial charge is 0.269 e. The van der Waals surface area contributed by atoms with Crippen LogP contribution < -0.4 is 10.6 Å². The van der Waals surface area contributed by atoms with Gasteiger partial charge in [-0.2, -0.15) is 0 Å². The van der Waals surface area contributed by atoms with E-state index < -0.39 is 4.92 Å². The van der Waals surface area contributed by atoms with Crippen molar-refractivity contribution in [2.75, 3.05) is 6.54 Å². The van der Waals surface area contributed by atoms with Gasteiger partial charge in [0.15, 0.2) is 5.96 Å². The minimum atomic E-state index is -0.396. The van der Waals surface area contributed by atoms with Crippen molar-refractivity contribution in [2.24, 2.45) is 10.9 Å². The zero-order valence-corrected chi connectivity index (χ0v) is 13.8. The van der Waals surface area contributed by atoms with E-state index in [1.54, 1.807) is 12.1 Å². The van der Waals surface area contributed by atoms with E-state index in [-0.39, 0.29) is 5.69 Å². The predicted molar refractivity (Wildman–Crippen MR) is 90.0 cm³/mol. The molecule has 6 nitrogen and oxygen atoms in total. The van der Waals surface area contributed by atoms with Crippen LogP contribution in [0.5, 0.6) is 0 Å². The SMILES string of the molecule is CCC(C)NC(=NCc1ccc([N+](=O)[O-])cc1)NCC(C)C. The molecule has 6 heteroatoms. The third-order valence-corrected chi connectivity index (χ3v) is 3.24. The van der Waals surface area contributed by atoms with Crippen LogP contribution >= 0.6 is 0 Å². The monoisotopic (exact) mass is 306 g/mol. The van der Waals surface area contributed by atoms with Gasteiger partial charge in [-0.3, -0.25) is 10.1 Å². The van der Waals surface area contributed by atoms with Crippen LogP contribution in [-0.2, 0) is 6.54 Å². The molecular weight excluding hydrogens is 280 g/mol. The normalized spacial score (nSPS) is 13.0. The fourth-order valence-corrected chi connectivity index (χ4v) is 1.68. The van der Waals surface area contributed by atoms with Crippen molar-refractivity contribution in [3.8, 4) is 0 Å². The van der Waals surface area contributed by atoms with Gasteiger partial charge in [0, 0.05) is 24.7 Å². The van der Waals surface area contributed by atoms with Crippen LogP contribution in [0, 0.1) is 16.0 Å². The minimum Gasteiger partial charge on any atom is -0.356 e. The van der Waals surface area contributed by atoms with Crippen LogP contribution in [0.4, 0.5) is 5.69 Å². The van der Waals surface area contributed by atoms with Crippen molar-refractivity contribution < 1.29 is 4.92 Å². The summed E-state index contributed by atoms with van der Waals surface area (Å²) in [6.07, 6.45) is 1.01. The first-order valence-electron chi connectivity index (χ1n) is 7.70. The summed E-state index contributed by atoms with van der Waals surface area (Å²) >= 11 is 0. The van der Waals surface area contributed by atoms with Gasteiger partial charge in [-0.1, -0.05) is 32.9 Å². The summed E-state index contributed by atoms with van der Waals surface area (Å²) < 4.78 is 0. The summed E-state index contributed by atoms with van der Waals surface area (Å²) in [7, 11) is 0. The molecule has 0 saturated carbocycles. The van der Waals surface area contributed by atoms with E-state index in [4.69, 9.17) is 0 Å². The number of rotatable bonds is 7. The molecule has 0 radical (unpaired) electrons. The lowest BCUT2D eigenvalue weighted by molar-refractivity contribution is -0.384. The summed E-state index contributed by atoms with van der Waals surface area (Å²) in [6, 6.07) is 6.84. The summed E-state index contributed by atoms with van der Waals surface area (Å²) in [5, 5.41) is 17.3. The lowest BCUT2D eigenvalue weighted by atomic mass is 10.2. The Hall–Kier alpha value is -2.11. The molecule has 0 fully saturated rings. The van der Waals surface area contributed by atoms with Crippen molar-refractivity contribution >= 4 is 11.6 Å². The van der Waals surface area contributed by atoms with E-state index in [0.717, 1.165) is 24.5 Å². The topological polar surface area (TPSA) is 79.6 Å². The Kier molecular flexibility index (Phi) is 7.36. The summed E-state index contributed by atoms with van der Waals surface area (Å²) in [5.41, 5.74) is 1.05. The van der Waals surface area contributed by atoms with E-state index >= 15 is 0 Å². The molecule has 2 N–H and O–H groups in total. The molecule has 1 aromatic rings. The van der Waals surface area contributed by atoms with Crippen LogP contribution in [0.3, 0.4) is 0 Å². The number of guanidine groups is 1. The molecule has 0 spiro atoms. The van der Waals surface area contributed by atoms with Crippen LogP contribution in [-0.4, -0.2) is 23.5 Å². The van der Waals surface area contributed by atoms with Gasteiger partial charge in [0.05, 0.1) is 11.5 Å². The Morgan fingerprint density at radius 1 is 1.27 bits per heavy atom. The first-order valence-corrected chi connectivity index (χ1v) is 7.70. The molecule has 0 aromatic heterocycles. The lowest BCUT2D eigenvalue weighted by Crippen LogP contribution is -2.43. The first-order chi connectivity index (χ1) is 10.4. The second-order valence-corrected chi connectivity index (χ2v) is 5.82. The number of benzene rings is 1. The largest absolute Gasteiger partial charge is 0.356 e. The van der Waals surface area contributed by atoms with Crippen molar-refractivity contribution in [1.29, 1.82) is 0 Å². The molecule has 0 saturated heterocycles. The molecule has 0 aliphatic carbocycles. The maximum atomic E-state index is 10.6. The van der Waals surface area contributed by atoms with E-state index in [1.807, 2.05) is 0 Å². The van der Waals surface area contributed by atoms with E-state index in [1.165, 1.54) is 12.1 Å². The molecule has 1 rings (SSSR count). The van der Waals surface area contributed by atoms with Crippen molar-refractivity contribution in [3.63, 3.8) is 0 Å². The van der Waals surface area contributed by atoms with Crippen molar-refractivity contribution in [2.45, 2.75) is 46.7 Å². The zero-order chi connectivity index (χ0) is 16.5. The highest BCUT2D eigenvalue weighted by Crippen LogP contribution is 2.12. The maximum absolute atomic E-state index is 10.6. The summed E-state index contributed by atoms with van der Waals surface area (Å²) in [6.45, 7) is 9.85. The van der Waals surface area contributed by atoms with Crippen LogP contribution in [0.1, 0.15) is 39.7 Å².